The zero-order chi connectivity index (χ0) is 14.7. The van der Waals surface area contributed by atoms with Gasteiger partial charge < -0.3 is 4.74 Å². The Hall–Kier alpha value is -2.41. The van der Waals surface area contributed by atoms with Crippen LogP contribution in [-0.4, -0.2) is 17.1 Å². The molecule has 1 aliphatic rings. The molecule has 1 fully saturated rings. The highest BCUT2D eigenvalue weighted by atomic mass is 16.5. The summed E-state index contributed by atoms with van der Waals surface area (Å²) in [6.45, 7) is 0. The number of carbonyl (C=O) groups excluding carboxylic acids is 1. The number of nitriles is 1. The van der Waals surface area contributed by atoms with Crippen molar-refractivity contribution < 1.29 is 9.53 Å². The quantitative estimate of drug-likeness (QED) is 0.790. The Morgan fingerprint density at radius 2 is 2.05 bits per heavy atom. The van der Waals surface area contributed by atoms with E-state index in [1.165, 1.54) is 0 Å². The van der Waals surface area contributed by atoms with E-state index in [2.05, 4.69) is 11.1 Å². The molecule has 0 spiro atoms. The number of rotatable bonds is 2. The van der Waals surface area contributed by atoms with Crippen LogP contribution in [-0.2, 0) is 4.74 Å². The fourth-order valence-electron chi connectivity index (χ4n) is 2.86. The molecule has 2 aromatic rings. The summed E-state index contributed by atoms with van der Waals surface area (Å²) in [5.41, 5.74) is 0.329. The van der Waals surface area contributed by atoms with Crippen molar-refractivity contribution in [1.82, 2.24) is 4.98 Å². The van der Waals surface area contributed by atoms with Crippen LogP contribution < -0.4 is 0 Å². The summed E-state index contributed by atoms with van der Waals surface area (Å²) in [6, 6.07) is 11.7. The summed E-state index contributed by atoms with van der Waals surface area (Å²) >= 11 is 0. The van der Waals surface area contributed by atoms with Crippen molar-refractivity contribution in [3.05, 3.63) is 42.2 Å². The van der Waals surface area contributed by atoms with Gasteiger partial charge in [-0.15, -0.1) is 0 Å². The second kappa shape index (κ2) is 5.92. The van der Waals surface area contributed by atoms with Crippen molar-refractivity contribution in [2.45, 2.75) is 31.8 Å². The molecule has 1 aromatic carbocycles. The molecule has 106 valence electrons. The number of aromatic nitrogens is 1. The van der Waals surface area contributed by atoms with Crippen LogP contribution in [0.5, 0.6) is 0 Å². The van der Waals surface area contributed by atoms with Crippen molar-refractivity contribution in [3.8, 4) is 6.07 Å². The molecule has 3 rings (SSSR count). The van der Waals surface area contributed by atoms with Gasteiger partial charge in [-0.05, 0) is 30.7 Å². The molecule has 0 N–H and O–H groups in total. The standard InChI is InChI=1S/C17H16N2O2/c18-11-13-6-2-4-8-15(13)21-17(20)16-14-7-3-1-5-12(14)9-10-19-16/h1,3,5,7,9-10,13,15H,2,4,6,8H2/t13-,15+/m0/s1. The summed E-state index contributed by atoms with van der Waals surface area (Å²) in [4.78, 5) is 16.6. The molecule has 1 aromatic heterocycles. The van der Waals surface area contributed by atoms with Crippen molar-refractivity contribution in [1.29, 1.82) is 5.26 Å². The number of esters is 1. The van der Waals surface area contributed by atoms with Crippen LogP contribution >= 0.6 is 0 Å². The number of hydrogen-bond donors (Lipinski definition) is 0. The molecule has 0 aliphatic heterocycles. The smallest absolute Gasteiger partial charge is 0.357 e. The third-order valence-electron chi connectivity index (χ3n) is 3.99. The number of nitrogens with zero attached hydrogens (tertiary/aromatic N) is 2. The molecule has 1 saturated carbocycles. The van der Waals surface area contributed by atoms with E-state index in [1.54, 1.807) is 6.20 Å². The van der Waals surface area contributed by atoms with E-state index in [1.807, 2.05) is 30.3 Å². The van der Waals surface area contributed by atoms with Gasteiger partial charge in [-0.1, -0.05) is 30.7 Å². The molecule has 4 nitrogen and oxygen atoms in total. The molecule has 21 heavy (non-hydrogen) atoms. The minimum absolute atomic E-state index is 0.197. The first-order chi connectivity index (χ1) is 10.3. The Bertz CT molecular complexity index is 700. The van der Waals surface area contributed by atoms with Gasteiger partial charge in [0.1, 0.15) is 6.10 Å². The maximum absolute atomic E-state index is 12.4. The Kier molecular flexibility index (Phi) is 3.83. The van der Waals surface area contributed by atoms with E-state index in [-0.39, 0.29) is 12.0 Å². The van der Waals surface area contributed by atoms with Gasteiger partial charge in [0, 0.05) is 11.6 Å². The van der Waals surface area contributed by atoms with Gasteiger partial charge in [0.15, 0.2) is 5.69 Å². The maximum atomic E-state index is 12.4. The molecule has 0 radical (unpaired) electrons. The normalized spacial score (nSPS) is 21.7. The van der Waals surface area contributed by atoms with Gasteiger partial charge >= 0.3 is 5.97 Å². The first kappa shape index (κ1) is 13.6. The number of hydrogen-bond acceptors (Lipinski definition) is 4. The van der Waals surface area contributed by atoms with Crippen molar-refractivity contribution >= 4 is 16.7 Å². The van der Waals surface area contributed by atoms with Gasteiger partial charge in [0.2, 0.25) is 0 Å². The summed E-state index contributed by atoms with van der Waals surface area (Å²) in [7, 11) is 0. The van der Waals surface area contributed by atoms with Gasteiger partial charge in [-0.3, -0.25) is 0 Å². The number of fused-ring (bicyclic) bond motifs is 1. The van der Waals surface area contributed by atoms with Crippen LogP contribution in [0.2, 0.25) is 0 Å². The maximum Gasteiger partial charge on any atom is 0.357 e. The molecule has 0 unspecified atom stereocenters. The first-order valence-electron chi connectivity index (χ1n) is 7.24. The van der Waals surface area contributed by atoms with Gasteiger partial charge in [0.05, 0.1) is 12.0 Å². The van der Waals surface area contributed by atoms with E-state index >= 15 is 0 Å². The average Bonchev–Trinajstić information content (AvgIpc) is 2.54. The van der Waals surface area contributed by atoms with Crippen molar-refractivity contribution in [3.63, 3.8) is 0 Å². The Balaban J connectivity index is 1.86. The highest BCUT2D eigenvalue weighted by Crippen LogP contribution is 2.27. The van der Waals surface area contributed by atoms with Crippen molar-refractivity contribution in [2.75, 3.05) is 0 Å². The molecule has 4 heteroatoms. The third kappa shape index (κ3) is 2.73. The Labute approximate surface area is 123 Å². The summed E-state index contributed by atoms with van der Waals surface area (Å²) < 4.78 is 5.57. The number of carbonyl (C=O) groups is 1. The third-order valence-corrected chi connectivity index (χ3v) is 3.99. The van der Waals surface area contributed by atoms with Crippen molar-refractivity contribution in [2.24, 2.45) is 5.92 Å². The van der Waals surface area contributed by atoms with E-state index in [0.717, 1.165) is 36.5 Å². The van der Waals surface area contributed by atoms with Crippen LogP contribution in [0.4, 0.5) is 0 Å². The fourth-order valence-corrected chi connectivity index (χ4v) is 2.86. The van der Waals surface area contributed by atoms with E-state index < -0.39 is 5.97 Å². The molecule has 2 atom stereocenters. The van der Waals surface area contributed by atoms with Crippen LogP contribution in [0.15, 0.2) is 36.5 Å². The first-order valence-corrected chi connectivity index (χ1v) is 7.24. The second-order valence-corrected chi connectivity index (χ2v) is 5.34. The highest BCUT2D eigenvalue weighted by Gasteiger charge is 2.29. The van der Waals surface area contributed by atoms with E-state index in [4.69, 9.17) is 10.00 Å². The molecule has 0 amide bonds. The van der Waals surface area contributed by atoms with Gasteiger partial charge in [0.25, 0.3) is 0 Å². The van der Waals surface area contributed by atoms with Gasteiger partial charge in [-0.2, -0.15) is 5.26 Å². The number of ether oxygens (including phenoxy) is 1. The molecule has 0 bridgehead atoms. The lowest BCUT2D eigenvalue weighted by molar-refractivity contribution is 0.0103. The monoisotopic (exact) mass is 280 g/mol. The molecular formula is C17H16N2O2. The fraction of sp³-hybridized carbons (Fsp3) is 0.353. The number of benzene rings is 1. The lowest BCUT2D eigenvalue weighted by Gasteiger charge is -2.26. The molecule has 0 saturated heterocycles. The average molecular weight is 280 g/mol. The van der Waals surface area contributed by atoms with Crippen LogP contribution in [0, 0.1) is 17.2 Å². The second-order valence-electron chi connectivity index (χ2n) is 5.34. The Morgan fingerprint density at radius 1 is 1.24 bits per heavy atom. The number of pyridine rings is 1. The Morgan fingerprint density at radius 3 is 2.90 bits per heavy atom. The van der Waals surface area contributed by atoms with Gasteiger partial charge in [-0.25, -0.2) is 9.78 Å². The van der Waals surface area contributed by atoms with E-state index in [0.29, 0.717) is 5.69 Å². The highest BCUT2D eigenvalue weighted by molar-refractivity contribution is 6.02. The zero-order valence-corrected chi connectivity index (χ0v) is 11.7. The van der Waals surface area contributed by atoms with Crippen LogP contribution in [0.25, 0.3) is 10.8 Å². The lowest BCUT2D eigenvalue weighted by Crippen LogP contribution is -2.29. The zero-order valence-electron chi connectivity index (χ0n) is 11.7. The topological polar surface area (TPSA) is 63.0 Å². The minimum Gasteiger partial charge on any atom is -0.456 e. The SMILES string of the molecule is N#C[C@@H]1CCCC[C@H]1OC(=O)c1nccc2ccccc12. The van der Waals surface area contributed by atoms with Crippen LogP contribution in [0.1, 0.15) is 36.2 Å². The molecule has 1 aliphatic carbocycles. The predicted octanol–water partition coefficient (Wildman–Crippen LogP) is 3.47. The summed E-state index contributed by atoms with van der Waals surface area (Å²) in [5, 5.41) is 10.9. The summed E-state index contributed by atoms with van der Waals surface area (Å²) in [5.74, 6) is -0.628. The molecular weight excluding hydrogens is 264 g/mol. The minimum atomic E-state index is -0.432. The predicted molar refractivity (Wildman–Crippen MR) is 78.5 cm³/mol. The van der Waals surface area contributed by atoms with Crippen LogP contribution in [0.3, 0.4) is 0 Å². The lowest BCUT2D eigenvalue weighted by atomic mass is 9.87. The largest absolute Gasteiger partial charge is 0.456 e. The summed E-state index contributed by atoms with van der Waals surface area (Å²) in [6.07, 6.45) is 4.89. The molecule has 1 heterocycles. The van der Waals surface area contributed by atoms with E-state index in [9.17, 15) is 4.79 Å².